The van der Waals surface area contributed by atoms with Crippen LogP contribution in [0, 0.1) is 5.92 Å². The Morgan fingerprint density at radius 2 is 1.27 bits per heavy atom. The van der Waals surface area contributed by atoms with E-state index in [1.54, 1.807) is 12.1 Å². The van der Waals surface area contributed by atoms with Crippen molar-refractivity contribution < 1.29 is 12.8 Å². The third-order valence-corrected chi connectivity index (χ3v) is 17.4. The fraction of sp³-hybridized carbons (Fsp3) is 0.419. The van der Waals surface area contributed by atoms with Gasteiger partial charge in [-0.15, -0.1) is 0 Å². The molecule has 0 saturated heterocycles. The van der Waals surface area contributed by atoms with Gasteiger partial charge in [0.2, 0.25) is 0 Å². The van der Waals surface area contributed by atoms with Crippen LogP contribution in [0.2, 0.25) is 30.7 Å². The van der Waals surface area contributed by atoms with Crippen molar-refractivity contribution >= 4 is 36.6 Å². The Labute approximate surface area is 226 Å². The minimum Gasteiger partial charge on any atom is -0.407 e. The number of benzene rings is 3. The Morgan fingerprint density at radius 3 is 1.70 bits per heavy atom. The SMILES string of the molecule is CC(C)(C)[Si](OCC[C@@H]1C[C@@]1(C[Si](C)(C)C)S(=O)(=O)c1ccccc1)(c1ccccc1)c1ccccc1. The minimum atomic E-state index is -3.42. The Kier molecular flexibility index (Phi) is 7.79. The molecular weight excluding hydrogens is 509 g/mol. The van der Waals surface area contributed by atoms with Gasteiger partial charge in [0, 0.05) is 14.7 Å². The molecule has 198 valence electrons. The standard InChI is InChI=1S/C31H42O3SSi2/c1-30(2,3)37(28-18-12-8-13-19-28,29-20-14-9-15-21-29)34-23-22-26-24-31(26,25-36(4,5)6)35(32,33)27-16-10-7-11-17-27/h7-21,26H,22-25H2,1-6H3/t26-,31+/m1/s1. The quantitative estimate of drug-likeness (QED) is 0.270. The molecule has 0 aliphatic heterocycles. The summed E-state index contributed by atoms with van der Waals surface area (Å²) in [5.41, 5.74) is 0. The molecule has 1 fully saturated rings. The number of hydrogen-bond donors (Lipinski definition) is 0. The third kappa shape index (κ3) is 5.44. The van der Waals surface area contributed by atoms with Crippen LogP contribution < -0.4 is 10.4 Å². The molecule has 37 heavy (non-hydrogen) atoms. The van der Waals surface area contributed by atoms with Crippen LogP contribution in [0.25, 0.3) is 0 Å². The van der Waals surface area contributed by atoms with Crippen molar-refractivity contribution in [3.8, 4) is 0 Å². The highest BCUT2D eigenvalue weighted by atomic mass is 32.2. The lowest BCUT2D eigenvalue weighted by atomic mass is 10.2. The van der Waals surface area contributed by atoms with E-state index in [4.69, 9.17) is 4.43 Å². The molecule has 1 saturated carbocycles. The van der Waals surface area contributed by atoms with Crippen molar-refractivity contribution in [1.82, 2.24) is 0 Å². The highest BCUT2D eigenvalue weighted by molar-refractivity contribution is 7.93. The maximum absolute atomic E-state index is 14.0. The van der Waals surface area contributed by atoms with E-state index in [-0.39, 0.29) is 11.0 Å². The molecule has 3 nitrogen and oxygen atoms in total. The van der Waals surface area contributed by atoms with Gasteiger partial charge in [-0.05, 0) is 52.3 Å². The zero-order valence-electron chi connectivity index (χ0n) is 23.2. The highest BCUT2D eigenvalue weighted by Crippen LogP contribution is 2.58. The first-order valence-corrected chi connectivity index (χ1v) is 20.5. The molecule has 0 N–H and O–H groups in total. The molecule has 1 aliphatic rings. The number of rotatable bonds is 10. The van der Waals surface area contributed by atoms with Crippen LogP contribution in [0.15, 0.2) is 95.9 Å². The first kappa shape index (κ1) is 28.0. The van der Waals surface area contributed by atoms with Crippen LogP contribution in [0.5, 0.6) is 0 Å². The lowest BCUT2D eigenvalue weighted by Gasteiger charge is -2.43. The van der Waals surface area contributed by atoms with Gasteiger partial charge in [-0.1, -0.05) is 119 Å². The average molecular weight is 551 g/mol. The first-order valence-electron chi connectivity index (χ1n) is 13.4. The molecule has 0 bridgehead atoms. The molecule has 6 heteroatoms. The second-order valence-electron chi connectivity index (χ2n) is 12.8. The highest BCUT2D eigenvalue weighted by Gasteiger charge is 2.64. The topological polar surface area (TPSA) is 43.4 Å². The van der Waals surface area contributed by atoms with Gasteiger partial charge in [0.1, 0.15) is 0 Å². The van der Waals surface area contributed by atoms with Crippen molar-refractivity contribution in [2.45, 2.75) is 74.0 Å². The first-order chi connectivity index (χ1) is 17.3. The van der Waals surface area contributed by atoms with Gasteiger partial charge in [0.25, 0.3) is 8.32 Å². The van der Waals surface area contributed by atoms with Crippen molar-refractivity contribution in [2.24, 2.45) is 5.92 Å². The van der Waals surface area contributed by atoms with Gasteiger partial charge in [0.15, 0.2) is 9.84 Å². The van der Waals surface area contributed by atoms with Crippen molar-refractivity contribution in [3.63, 3.8) is 0 Å². The lowest BCUT2D eigenvalue weighted by molar-refractivity contribution is 0.282. The summed E-state index contributed by atoms with van der Waals surface area (Å²) in [6.45, 7) is 14.3. The van der Waals surface area contributed by atoms with Gasteiger partial charge in [-0.3, -0.25) is 0 Å². The van der Waals surface area contributed by atoms with Crippen LogP contribution in [0.3, 0.4) is 0 Å². The van der Waals surface area contributed by atoms with Crippen LogP contribution in [-0.4, -0.2) is 36.2 Å². The van der Waals surface area contributed by atoms with Crippen LogP contribution in [0.1, 0.15) is 33.6 Å². The lowest BCUT2D eigenvalue weighted by Crippen LogP contribution is -2.66. The predicted molar refractivity (Wildman–Crippen MR) is 161 cm³/mol. The van der Waals surface area contributed by atoms with Crippen LogP contribution in [-0.2, 0) is 14.3 Å². The van der Waals surface area contributed by atoms with E-state index in [1.165, 1.54) is 10.4 Å². The Bertz CT molecular complexity index is 1240. The molecule has 0 aromatic heterocycles. The van der Waals surface area contributed by atoms with E-state index in [0.29, 0.717) is 11.5 Å². The molecule has 1 aliphatic carbocycles. The molecule has 3 aromatic rings. The number of sulfone groups is 1. The molecule has 2 atom stereocenters. The summed E-state index contributed by atoms with van der Waals surface area (Å²) in [6.07, 6.45) is 1.50. The average Bonchev–Trinajstić information content (AvgIpc) is 3.55. The van der Waals surface area contributed by atoms with Gasteiger partial charge in [0.05, 0.1) is 9.64 Å². The third-order valence-electron chi connectivity index (χ3n) is 7.80. The molecular formula is C31H42O3SSi2. The minimum absolute atomic E-state index is 0.0925. The van der Waals surface area contributed by atoms with Gasteiger partial charge in [-0.25, -0.2) is 8.42 Å². The van der Waals surface area contributed by atoms with Gasteiger partial charge >= 0.3 is 0 Å². The zero-order valence-corrected chi connectivity index (χ0v) is 26.0. The molecule has 0 radical (unpaired) electrons. The maximum Gasteiger partial charge on any atom is 0.261 e. The molecule has 0 unspecified atom stereocenters. The largest absolute Gasteiger partial charge is 0.407 e. The summed E-state index contributed by atoms with van der Waals surface area (Å²) in [5.74, 6) is 0.127. The summed E-state index contributed by atoms with van der Waals surface area (Å²) in [6, 6.07) is 31.2. The maximum atomic E-state index is 14.0. The summed E-state index contributed by atoms with van der Waals surface area (Å²) in [7, 11) is -7.69. The van der Waals surface area contributed by atoms with E-state index in [1.807, 2.05) is 18.2 Å². The van der Waals surface area contributed by atoms with Crippen LogP contribution in [0.4, 0.5) is 0 Å². The molecule has 4 rings (SSSR count). The molecule has 0 heterocycles. The smallest absolute Gasteiger partial charge is 0.261 e. The van der Waals surface area contributed by atoms with E-state index in [0.717, 1.165) is 18.9 Å². The Hall–Kier alpha value is -2.00. The van der Waals surface area contributed by atoms with E-state index < -0.39 is 31.0 Å². The van der Waals surface area contributed by atoms with Gasteiger partial charge < -0.3 is 4.43 Å². The summed E-state index contributed by atoms with van der Waals surface area (Å²) >= 11 is 0. The number of hydrogen-bond acceptors (Lipinski definition) is 3. The van der Waals surface area contributed by atoms with E-state index in [9.17, 15) is 8.42 Å². The van der Waals surface area contributed by atoms with E-state index >= 15 is 0 Å². The van der Waals surface area contributed by atoms with Gasteiger partial charge in [-0.2, -0.15) is 0 Å². The summed E-state index contributed by atoms with van der Waals surface area (Å²) in [4.78, 5) is 0.462. The van der Waals surface area contributed by atoms with Crippen LogP contribution >= 0.6 is 0 Å². The molecule has 0 spiro atoms. The fourth-order valence-electron chi connectivity index (χ4n) is 6.21. The van der Waals surface area contributed by atoms with Crippen molar-refractivity contribution in [1.29, 1.82) is 0 Å². The summed E-state index contributed by atoms with van der Waals surface area (Å²) < 4.78 is 34.4. The predicted octanol–water partition coefficient (Wildman–Crippen LogP) is 6.52. The molecule has 3 aromatic carbocycles. The Morgan fingerprint density at radius 1 is 0.811 bits per heavy atom. The summed E-state index contributed by atoms with van der Waals surface area (Å²) in [5, 5.41) is 2.43. The fourth-order valence-corrected chi connectivity index (χ4v) is 17.0. The second kappa shape index (κ2) is 10.3. The normalized spacial score (nSPS) is 20.5. The van der Waals surface area contributed by atoms with Crippen molar-refractivity contribution in [3.05, 3.63) is 91.0 Å². The monoisotopic (exact) mass is 550 g/mol. The van der Waals surface area contributed by atoms with E-state index in [2.05, 4.69) is 101 Å². The zero-order chi connectivity index (χ0) is 27.0. The second-order valence-corrected chi connectivity index (χ2v) is 24.9. The Balaban J connectivity index is 1.64. The molecule has 0 amide bonds. The van der Waals surface area contributed by atoms with Crippen molar-refractivity contribution in [2.75, 3.05) is 6.61 Å².